The van der Waals surface area contributed by atoms with Crippen LogP contribution in [0.2, 0.25) is 0 Å². The van der Waals surface area contributed by atoms with Crippen LogP contribution in [0.5, 0.6) is 0 Å². The zero-order valence-electron chi connectivity index (χ0n) is 22.1. The van der Waals surface area contributed by atoms with Crippen LogP contribution in [-0.2, 0) is 25.6 Å². The summed E-state index contributed by atoms with van der Waals surface area (Å²) in [6.45, 7) is 12.8. The summed E-state index contributed by atoms with van der Waals surface area (Å²) in [5.74, 6) is 0.434. The lowest BCUT2D eigenvalue weighted by Gasteiger charge is -2.28. The molecule has 3 heterocycles. The van der Waals surface area contributed by atoms with E-state index >= 15 is 0 Å². The quantitative estimate of drug-likeness (QED) is 0.311. The Morgan fingerprint density at radius 2 is 1.74 bits per heavy atom. The van der Waals surface area contributed by atoms with E-state index in [1.807, 2.05) is 43.3 Å². The fourth-order valence-corrected chi connectivity index (χ4v) is 4.49. The number of amides is 1. The van der Waals surface area contributed by atoms with Gasteiger partial charge in [0.25, 0.3) is 0 Å². The highest BCUT2D eigenvalue weighted by molar-refractivity contribution is 6.07. The summed E-state index contributed by atoms with van der Waals surface area (Å²) in [6.07, 6.45) is -0.583. The Labute approximate surface area is 222 Å². The minimum Gasteiger partial charge on any atom is -0.494 e. The van der Waals surface area contributed by atoms with Crippen LogP contribution in [-0.4, -0.2) is 67.7 Å². The molecule has 2 aromatic heterocycles. The monoisotopic (exact) mass is 522 g/mol. The molecule has 1 aliphatic rings. The van der Waals surface area contributed by atoms with Crippen LogP contribution in [0.15, 0.2) is 43.0 Å². The molecule has 4 rings (SSSR count). The van der Waals surface area contributed by atoms with E-state index in [4.69, 9.17) is 24.0 Å². The molecule has 1 amide bonds. The Kier molecular flexibility index (Phi) is 8.85. The maximum absolute atomic E-state index is 13.5. The van der Waals surface area contributed by atoms with Gasteiger partial charge in [-0.25, -0.2) is 14.1 Å². The number of nitrogens with zero attached hydrogens (tertiary/aromatic N) is 3. The van der Waals surface area contributed by atoms with Gasteiger partial charge in [-0.1, -0.05) is 36.9 Å². The number of hydrogen-bond acceptors (Lipinski definition) is 8. The molecule has 0 unspecified atom stereocenters. The molecule has 3 aromatic rings. The largest absolute Gasteiger partial charge is 0.494 e. The number of rotatable bonds is 10. The van der Waals surface area contributed by atoms with Gasteiger partial charge in [0.05, 0.1) is 48.8 Å². The SMILES string of the molecule is C=C(OCC)c1c(C(=O)OCC)c2c(-c3ccccc3)cc(N3CCOCC3)nn2c1COC(=O)NCC. The number of hydrogen-bond donors (Lipinski definition) is 1. The average Bonchev–Trinajstić information content (AvgIpc) is 3.27. The second kappa shape index (κ2) is 12.5. The van der Waals surface area contributed by atoms with E-state index in [0.29, 0.717) is 62.0 Å². The number of alkyl carbamates (subject to hydrolysis) is 1. The molecule has 0 spiro atoms. The first-order valence-corrected chi connectivity index (χ1v) is 12.9. The Morgan fingerprint density at radius 3 is 2.39 bits per heavy atom. The maximum atomic E-state index is 13.5. The van der Waals surface area contributed by atoms with Crippen molar-refractivity contribution in [3.63, 3.8) is 0 Å². The van der Waals surface area contributed by atoms with E-state index < -0.39 is 12.1 Å². The molecule has 0 saturated carbocycles. The second-order valence-electron chi connectivity index (χ2n) is 8.52. The number of anilines is 1. The first-order valence-electron chi connectivity index (χ1n) is 12.9. The third-order valence-electron chi connectivity index (χ3n) is 6.13. The van der Waals surface area contributed by atoms with Gasteiger partial charge in [-0.15, -0.1) is 5.10 Å². The van der Waals surface area contributed by atoms with Gasteiger partial charge in [0, 0.05) is 25.2 Å². The molecular weight excluding hydrogens is 488 g/mol. The van der Waals surface area contributed by atoms with Crippen molar-refractivity contribution in [2.24, 2.45) is 0 Å². The van der Waals surface area contributed by atoms with Gasteiger partial charge >= 0.3 is 12.1 Å². The fourth-order valence-electron chi connectivity index (χ4n) is 4.49. The molecule has 1 N–H and O–H groups in total. The Balaban J connectivity index is 2.05. The van der Waals surface area contributed by atoms with Gasteiger partial charge in [0.2, 0.25) is 0 Å². The summed E-state index contributed by atoms with van der Waals surface area (Å²) >= 11 is 0. The summed E-state index contributed by atoms with van der Waals surface area (Å²) in [4.78, 5) is 27.9. The molecule has 10 nitrogen and oxygen atoms in total. The predicted octanol–water partition coefficient (Wildman–Crippen LogP) is 4.27. The van der Waals surface area contributed by atoms with E-state index in [2.05, 4.69) is 16.8 Å². The van der Waals surface area contributed by atoms with Crippen LogP contribution in [0.3, 0.4) is 0 Å². The predicted molar refractivity (Wildman–Crippen MR) is 144 cm³/mol. The molecule has 1 aromatic carbocycles. The zero-order chi connectivity index (χ0) is 27.1. The molecule has 0 atom stereocenters. The lowest BCUT2D eigenvalue weighted by Crippen LogP contribution is -2.37. The van der Waals surface area contributed by atoms with Crippen molar-refractivity contribution in [2.45, 2.75) is 27.4 Å². The van der Waals surface area contributed by atoms with E-state index in [1.54, 1.807) is 18.4 Å². The van der Waals surface area contributed by atoms with Crippen LogP contribution in [0, 0.1) is 0 Å². The van der Waals surface area contributed by atoms with Gasteiger partial charge < -0.3 is 29.2 Å². The van der Waals surface area contributed by atoms with E-state index in [0.717, 1.165) is 11.1 Å². The first-order chi connectivity index (χ1) is 18.5. The number of morpholine rings is 1. The molecule has 38 heavy (non-hydrogen) atoms. The number of carbonyl (C=O) groups is 2. The number of ether oxygens (including phenoxy) is 4. The minimum atomic E-state index is -0.583. The van der Waals surface area contributed by atoms with Crippen molar-refractivity contribution in [3.8, 4) is 11.1 Å². The number of fused-ring (bicyclic) bond motifs is 1. The first kappa shape index (κ1) is 27.0. The van der Waals surface area contributed by atoms with Crippen molar-refractivity contribution in [1.29, 1.82) is 0 Å². The topological polar surface area (TPSA) is 104 Å². The van der Waals surface area contributed by atoms with E-state index in [-0.39, 0.29) is 24.5 Å². The number of benzene rings is 1. The third kappa shape index (κ3) is 5.60. The fraction of sp³-hybridized carbons (Fsp3) is 0.393. The highest BCUT2D eigenvalue weighted by Gasteiger charge is 2.31. The molecule has 0 aliphatic carbocycles. The van der Waals surface area contributed by atoms with Gasteiger partial charge in [-0.3, -0.25) is 0 Å². The van der Waals surface area contributed by atoms with E-state index in [1.165, 1.54) is 0 Å². The van der Waals surface area contributed by atoms with Crippen molar-refractivity contribution in [3.05, 3.63) is 59.8 Å². The second-order valence-corrected chi connectivity index (χ2v) is 8.52. The van der Waals surface area contributed by atoms with Crippen molar-refractivity contribution in [1.82, 2.24) is 14.9 Å². The molecule has 1 fully saturated rings. The summed E-state index contributed by atoms with van der Waals surface area (Å²) in [7, 11) is 0. The van der Waals surface area contributed by atoms with Crippen LogP contribution >= 0.6 is 0 Å². The summed E-state index contributed by atoms with van der Waals surface area (Å²) < 4.78 is 24.0. The highest BCUT2D eigenvalue weighted by Crippen LogP contribution is 2.38. The Hall–Kier alpha value is -4.05. The number of carbonyl (C=O) groups excluding carboxylic acids is 2. The van der Waals surface area contributed by atoms with Crippen molar-refractivity contribution >= 4 is 29.2 Å². The number of aromatic nitrogens is 2. The molecule has 1 saturated heterocycles. The smallest absolute Gasteiger partial charge is 0.407 e. The van der Waals surface area contributed by atoms with Gasteiger partial charge in [0.15, 0.2) is 0 Å². The standard InChI is InChI=1S/C28H34N4O6/c1-5-29-28(34)38-18-22-24(19(4)36-6-2)25(27(33)37-7-3)26-21(20-11-9-8-10-12-20)17-23(30-32(22)26)31-13-15-35-16-14-31/h8-12,17H,4-7,13-16,18H2,1-3H3,(H,29,34). The summed E-state index contributed by atoms with van der Waals surface area (Å²) in [6, 6.07) is 11.7. The van der Waals surface area contributed by atoms with Crippen LogP contribution in [0.1, 0.15) is 42.4 Å². The number of esters is 1. The Morgan fingerprint density at radius 1 is 1.03 bits per heavy atom. The van der Waals surface area contributed by atoms with Crippen molar-refractivity contribution in [2.75, 3.05) is 51.0 Å². The molecule has 0 bridgehead atoms. The molecule has 10 heteroatoms. The van der Waals surface area contributed by atoms with E-state index in [9.17, 15) is 9.59 Å². The van der Waals surface area contributed by atoms with Crippen LogP contribution in [0.4, 0.5) is 10.6 Å². The zero-order valence-corrected chi connectivity index (χ0v) is 22.1. The lowest BCUT2D eigenvalue weighted by atomic mass is 10.0. The average molecular weight is 523 g/mol. The lowest BCUT2D eigenvalue weighted by molar-refractivity contribution is 0.0527. The molecule has 1 aliphatic heterocycles. The molecule has 0 radical (unpaired) electrons. The highest BCUT2D eigenvalue weighted by atomic mass is 16.5. The molecule has 202 valence electrons. The van der Waals surface area contributed by atoms with Crippen LogP contribution in [0.25, 0.3) is 22.4 Å². The molecular formula is C28H34N4O6. The van der Waals surface area contributed by atoms with Crippen molar-refractivity contribution < 1.29 is 28.5 Å². The third-order valence-corrected chi connectivity index (χ3v) is 6.13. The maximum Gasteiger partial charge on any atom is 0.407 e. The van der Waals surface area contributed by atoms with Gasteiger partial charge in [-0.05, 0) is 32.4 Å². The van der Waals surface area contributed by atoms with Gasteiger partial charge in [0.1, 0.15) is 18.2 Å². The van der Waals surface area contributed by atoms with Gasteiger partial charge in [-0.2, -0.15) is 0 Å². The van der Waals surface area contributed by atoms with Crippen LogP contribution < -0.4 is 10.2 Å². The number of nitrogens with one attached hydrogen (secondary N) is 1. The normalized spacial score (nSPS) is 13.3. The summed E-state index contributed by atoms with van der Waals surface area (Å²) in [5.41, 5.74) is 3.32. The minimum absolute atomic E-state index is 0.165. The summed E-state index contributed by atoms with van der Waals surface area (Å²) in [5, 5.41) is 7.58. The Bertz CT molecular complexity index is 1300.